The van der Waals surface area contributed by atoms with Crippen LogP contribution in [0, 0.1) is 5.92 Å². The SMILES string of the molecule is O=C1[C@@H](Cc2ccc(Cl)nc2)CCCCN1c1cc(-c2ccncc2)n[nH]1. The maximum Gasteiger partial charge on any atom is 0.231 e. The van der Waals surface area contributed by atoms with E-state index in [-0.39, 0.29) is 11.8 Å². The number of aromatic nitrogens is 4. The quantitative estimate of drug-likeness (QED) is 0.695. The second-order valence-corrected chi connectivity index (χ2v) is 7.14. The molecule has 1 amide bonds. The summed E-state index contributed by atoms with van der Waals surface area (Å²) in [6, 6.07) is 9.45. The Morgan fingerprint density at radius 1 is 1.19 bits per heavy atom. The van der Waals surface area contributed by atoms with Crippen molar-refractivity contribution in [2.75, 3.05) is 11.4 Å². The maximum absolute atomic E-state index is 13.2. The topological polar surface area (TPSA) is 74.8 Å². The van der Waals surface area contributed by atoms with Crippen LogP contribution in [0.15, 0.2) is 48.9 Å². The molecule has 7 heteroatoms. The molecule has 1 fully saturated rings. The predicted molar refractivity (Wildman–Crippen MR) is 104 cm³/mol. The molecule has 1 aliphatic heterocycles. The lowest BCUT2D eigenvalue weighted by molar-refractivity contribution is -0.122. The number of pyridine rings is 2. The summed E-state index contributed by atoms with van der Waals surface area (Å²) in [4.78, 5) is 23.2. The van der Waals surface area contributed by atoms with Gasteiger partial charge in [-0.1, -0.05) is 24.1 Å². The van der Waals surface area contributed by atoms with Crippen LogP contribution in [-0.4, -0.2) is 32.6 Å². The van der Waals surface area contributed by atoms with E-state index in [0.717, 1.165) is 41.9 Å². The Labute approximate surface area is 162 Å². The fraction of sp³-hybridized carbons (Fsp3) is 0.300. The summed E-state index contributed by atoms with van der Waals surface area (Å²) in [7, 11) is 0. The average Bonchev–Trinajstić information content (AvgIpc) is 3.11. The third kappa shape index (κ3) is 4.01. The van der Waals surface area contributed by atoms with Crippen LogP contribution >= 0.6 is 11.6 Å². The van der Waals surface area contributed by atoms with Crippen molar-refractivity contribution in [3.63, 3.8) is 0 Å². The van der Waals surface area contributed by atoms with Crippen molar-refractivity contribution in [1.82, 2.24) is 20.2 Å². The van der Waals surface area contributed by atoms with Crippen molar-refractivity contribution >= 4 is 23.3 Å². The van der Waals surface area contributed by atoms with Gasteiger partial charge in [-0.2, -0.15) is 5.10 Å². The first-order chi connectivity index (χ1) is 13.2. The minimum atomic E-state index is -0.0665. The second-order valence-electron chi connectivity index (χ2n) is 6.75. The normalized spacial score (nSPS) is 17.7. The van der Waals surface area contributed by atoms with Crippen LogP contribution in [0.2, 0.25) is 5.15 Å². The molecule has 6 nitrogen and oxygen atoms in total. The van der Waals surface area contributed by atoms with E-state index in [1.807, 2.05) is 29.2 Å². The van der Waals surface area contributed by atoms with Crippen molar-refractivity contribution < 1.29 is 4.79 Å². The zero-order chi connectivity index (χ0) is 18.6. The van der Waals surface area contributed by atoms with Gasteiger partial charge in [-0.05, 0) is 43.0 Å². The van der Waals surface area contributed by atoms with Crippen LogP contribution < -0.4 is 4.90 Å². The Kier molecular flexibility index (Phi) is 5.16. The first-order valence-electron chi connectivity index (χ1n) is 9.08. The fourth-order valence-electron chi connectivity index (χ4n) is 3.48. The molecule has 0 bridgehead atoms. The van der Waals surface area contributed by atoms with E-state index in [9.17, 15) is 4.79 Å². The van der Waals surface area contributed by atoms with Crippen molar-refractivity contribution in [3.8, 4) is 11.3 Å². The van der Waals surface area contributed by atoms with Gasteiger partial charge in [-0.3, -0.25) is 19.8 Å². The molecular formula is C20H20ClN5O. The number of nitrogens with one attached hydrogen (secondary N) is 1. The molecule has 0 saturated carbocycles. The van der Waals surface area contributed by atoms with Crippen molar-refractivity contribution in [2.45, 2.75) is 25.7 Å². The summed E-state index contributed by atoms with van der Waals surface area (Å²) in [6.45, 7) is 0.701. The van der Waals surface area contributed by atoms with Gasteiger partial charge in [0.15, 0.2) is 0 Å². The number of halogens is 1. The van der Waals surface area contributed by atoms with Crippen molar-refractivity contribution in [1.29, 1.82) is 0 Å². The van der Waals surface area contributed by atoms with E-state index in [0.29, 0.717) is 18.1 Å². The van der Waals surface area contributed by atoms with E-state index in [1.165, 1.54) is 0 Å². The van der Waals surface area contributed by atoms with Gasteiger partial charge in [0.05, 0.1) is 5.69 Å². The van der Waals surface area contributed by atoms with Crippen LogP contribution in [-0.2, 0) is 11.2 Å². The van der Waals surface area contributed by atoms with Gasteiger partial charge in [0.2, 0.25) is 5.91 Å². The molecule has 0 unspecified atom stereocenters. The molecule has 4 rings (SSSR count). The molecule has 0 radical (unpaired) electrons. The number of H-pyrrole nitrogens is 1. The van der Waals surface area contributed by atoms with E-state index in [2.05, 4.69) is 20.2 Å². The van der Waals surface area contributed by atoms with Crippen LogP contribution in [0.3, 0.4) is 0 Å². The third-order valence-corrected chi connectivity index (χ3v) is 5.13. The summed E-state index contributed by atoms with van der Waals surface area (Å²) in [5, 5.41) is 7.87. The predicted octanol–water partition coefficient (Wildman–Crippen LogP) is 3.90. The Hall–Kier alpha value is -2.73. The molecule has 3 aromatic heterocycles. The Bertz CT molecular complexity index is 910. The Morgan fingerprint density at radius 3 is 2.81 bits per heavy atom. The van der Waals surface area contributed by atoms with Gasteiger partial charge in [0.25, 0.3) is 0 Å². The van der Waals surface area contributed by atoms with Gasteiger partial charge in [0.1, 0.15) is 11.0 Å². The van der Waals surface area contributed by atoms with Gasteiger partial charge in [-0.25, -0.2) is 4.98 Å². The Morgan fingerprint density at radius 2 is 2.04 bits per heavy atom. The molecule has 4 heterocycles. The molecule has 138 valence electrons. The molecular weight excluding hydrogens is 362 g/mol. The van der Waals surface area contributed by atoms with Gasteiger partial charge >= 0.3 is 0 Å². The molecule has 1 aliphatic rings. The number of carbonyl (C=O) groups excluding carboxylic acids is 1. The van der Waals surface area contributed by atoms with E-state index in [1.54, 1.807) is 24.7 Å². The summed E-state index contributed by atoms with van der Waals surface area (Å²) in [5.41, 5.74) is 2.81. The monoisotopic (exact) mass is 381 g/mol. The molecule has 0 aromatic carbocycles. The highest BCUT2D eigenvalue weighted by Crippen LogP contribution is 2.27. The molecule has 1 saturated heterocycles. The number of hydrogen-bond donors (Lipinski definition) is 1. The summed E-state index contributed by atoms with van der Waals surface area (Å²) < 4.78 is 0. The van der Waals surface area contributed by atoms with Gasteiger partial charge in [0, 0.05) is 42.7 Å². The molecule has 1 N–H and O–H groups in total. The lowest BCUT2D eigenvalue weighted by Gasteiger charge is -2.22. The number of carbonyl (C=O) groups is 1. The largest absolute Gasteiger partial charge is 0.297 e. The smallest absolute Gasteiger partial charge is 0.231 e. The Balaban J connectivity index is 1.54. The van der Waals surface area contributed by atoms with E-state index >= 15 is 0 Å². The van der Waals surface area contributed by atoms with E-state index < -0.39 is 0 Å². The third-order valence-electron chi connectivity index (χ3n) is 4.90. The summed E-state index contributed by atoms with van der Waals surface area (Å²) in [5.74, 6) is 0.809. The molecule has 1 atom stereocenters. The van der Waals surface area contributed by atoms with Gasteiger partial charge < -0.3 is 0 Å². The fourth-order valence-corrected chi connectivity index (χ4v) is 3.59. The zero-order valence-electron chi connectivity index (χ0n) is 14.8. The van der Waals surface area contributed by atoms with Crippen LogP contribution in [0.1, 0.15) is 24.8 Å². The lowest BCUT2D eigenvalue weighted by atomic mass is 9.95. The number of nitrogens with zero attached hydrogens (tertiary/aromatic N) is 4. The highest BCUT2D eigenvalue weighted by Gasteiger charge is 2.29. The summed E-state index contributed by atoms with van der Waals surface area (Å²) in [6.07, 6.45) is 8.77. The van der Waals surface area contributed by atoms with E-state index in [4.69, 9.17) is 11.6 Å². The van der Waals surface area contributed by atoms with Crippen LogP contribution in [0.5, 0.6) is 0 Å². The molecule has 3 aromatic rings. The minimum absolute atomic E-state index is 0.0665. The number of amides is 1. The lowest BCUT2D eigenvalue weighted by Crippen LogP contribution is -2.36. The highest BCUT2D eigenvalue weighted by molar-refractivity contribution is 6.29. The standard InChI is InChI=1S/C20H20ClN5O/c21-18-5-4-14(13-23-18)11-16-3-1-2-10-26(20(16)27)19-12-17(24-25-19)15-6-8-22-9-7-15/h4-9,12-13,16H,1-3,10-11H2,(H,24,25)/t16-/m1/s1. The second kappa shape index (κ2) is 7.88. The highest BCUT2D eigenvalue weighted by atomic mass is 35.5. The molecule has 0 spiro atoms. The summed E-state index contributed by atoms with van der Waals surface area (Å²) >= 11 is 5.86. The number of aromatic amines is 1. The molecule has 27 heavy (non-hydrogen) atoms. The minimum Gasteiger partial charge on any atom is -0.297 e. The van der Waals surface area contributed by atoms with Crippen LogP contribution in [0.25, 0.3) is 11.3 Å². The number of hydrogen-bond acceptors (Lipinski definition) is 4. The van der Waals surface area contributed by atoms with Crippen molar-refractivity contribution in [3.05, 3.63) is 59.6 Å². The number of rotatable bonds is 4. The van der Waals surface area contributed by atoms with Crippen LogP contribution in [0.4, 0.5) is 5.82 Å². The average molecular weight is 382 g/mol. The first-order valence-corrected chi connectivity index (χ1v) is 9.46. The maximum atomic E-state index is 13.2. The van der Waals surface area contributed by atoms with Gasteiger partial charge in [-0.15, -0.1) is 0 Å². The van der Waals surface area contributed by atoms with Crippen molar-refractivity contribution in [2.24, 2.45) is 5.92 Å². The zero-order valence-corrected chi connectivity index (χ0v) is 15.6. The number of anilines is 1. The first kappa shape index (κ1) is 17.7. The molecule has 0 aliphatic carbocycles.